The Hall–Kier alpha value is -1.39. The molecule has 0 aliphatic carbocycles. The first-order valence-electron chi connectivity index (χ1n) is 5.93. The topological polar surface area (TPSA) is 46.6 Å². The molecule has 0 radical (unpaired) electrons. The van der Waals surface area contributed by atoms with Crippen molar-refractivity contribution >= 4 is 22.8 Å². The van der Waals surface area contributed by atoms with Crippen LogP contribution in [0.3, 0.4) is 0 Å². The molecule has 0 spiro atoms. The second-order valence-corrected chi connectivity index (χ2v) is 4.99. The summed E-state index contributed by atoms with van der Waals surface area (Å²) in [6, 6.07) is 4.79. The maximum atomic E-state index is 11.9. The first kappa shape index (κ1) is 11.7. The number of rotatable bonds is 1. The van der Waals surface area contributed by atoms with Gasteiger partial charge < -0.3 is 4.74 Å². The first-order valence-corrected chi connectivity index (χ1v) is 6.31. The lowest BCUT2D eigenvalue weighted by molar-refractivity contribution is -0.138. The molecule has 94 valence electrons. The van der Waals surface area contributed by atoms with Crippen molar-refractivity contribution in [3.05, 3.63) is 29.3 Å². The molecule has 4 nitrogen and oxygen atoms in total. The van der Waals surface area contributed by atoms with Crippen LogP contribution in [0.25, 0.3) is 0 Å². The van der Waals surface area contributed by atoms with Crippen molar-refractivity contribution in [3.8, 4) is 5.75 Å². The van der Waals surface area contributed by atoms with E-state index in [0.717, 1.165) is 24.9 Å². The van der Waals surface area contributed by atoms with Gasteiger partial charge in [-0.2, -0.15) is 0 Å². The van der Waals surface area contributed by atoms with E-state index in [1.165, 1.54) is 0 Å². The zero-order chi connectivity index (χ0) is 12.7. The van der Waals surface area contributed by atoms with E-state index in [4.69, 9.17) is 16.3 Å². The van der Waals surface area contributed by atoms with Gasteiger partial charge in [-0.05, 0) is 49.2 Å². The molecule has 0 aromatic heterocycles. The van der Waals surface area contributed by atoms with E-state index in [1.54, 1.807) is 18.2 Å². The maximum absolute atomic E-state index is 11.9. The molecular formula is C13H12ClNO3. The molecule has 0 bridgehead atoms. The van der Waals surface area contributed by atoms with Gasteiger partial charge in [0.25, 0.3) is 5.24 Å². The highest BCUT2D eigenvalue weighted by atomic mass is 35.5. The lowest BCUT2D eigenvalue weighted by Gasteiger charge is -2.18. The summed E-state index contributed by atoms with van der Waals surface area (Å²) in [5.74, 6) is 0.340. The summed E-state index contributed by atoms with van der Waals surface area (Å²) in [4.78, 5) is 25.2. The molecule has 0 N–H and O–H groups in total. The number of carbonyl (C=O) groups excluding carboxylic acids is 2. The molecular weight excluding hydrogens is 254 g/mol. The molecule has 0 amide bonds. The molecule has 1 atom stereocenters. The monoisotopic (exact) mass is 265 g/mol. The number of fused-ring (bicyclic) bond motifs is 2. The van der Waals surface area contributed by atoms with E-state index in [1.807, 2.05) is 0 Å². The summed E-state index contributed by atoms with van der Waals surface area (Å²) in [5.41, 5.74) is 1.28. The molecule has 1 fully saturated rings. The number of carbonyl (C=O) groups is 2. The average Bonchev–Trinajstić information content (AvgIpc) is 2.74. The Morgan fingerprint density at radius 1 is 1.44 bits per heavy atom. The van der Waals surface area contributed by atoms with Crippen molar-refractivity contribution in [2.24, 2.45) is 0 Å². The number of hydrogen-bond donors (Lipinski definition) is 0. The molecule has 2 heterocycles. The van der Waals surface area contributed by atoms with Crippen molar-refractivity contribution in [2.75, 3.05) is 6.54 Å². The Bertz CT molecular complexity index is 529. The van der Waals surface area contributed by atoms with E-state index in [9.17, 15) is 9.59 Å². The van der Waals surface area contributed by atoms with Crippen LogP contribution in [0.1, 0.15) is 28.8 Å². The van der Waals surface area contributed by atoms with Gasteiger partial charge in [-0.1, -0.05) is 0 Å². The first-order chi connectivity index (χ1) is 8.65. The molecule has 2 aliphatic heterocycles. The predicted molar refractivity (Wildman–Crippen MR) is 65.7 cm³/mol. The fraction of sp³-hybridized carbons (Fsp3) is 0.385. The molecule has 18 heavy (non-hydrogen) atoms. The van der Waals surface area contributed by atoms with Crippen LogP contribution < -0.4 is 4.74 Å². The minimum atomic E-state index is -0.494. The van der Waals surface area contributed by atoms with E-state index >= 15 is 0 Å². The summed E-state index contributed by atoms with van der Waals surface area (Å²) in [6.07, 6.45) is 1.84. The van der Waals surface area contributed by atoms with E-state index in [-0.39, 0.29) is 12.0 Å². The fourth-order valence-corrected chi connectivity index (χ4v) is 2.72. The molecule has 1 aromatic carbocycles. The Kier molecular flexibility index (Phi) is 2.84. The van der Waals surface area contributed by atoms with Gasteiger partial charge in [-0.25, -0.2) is 4.79 Å². The van der Waals surface area contributed by atoms with Crippen molar-refractivity contribution in [2.45, 2.75) is 25.4 Å². The lowest BCUT2D eigenvalue weighted by atomic mass is 10.1. The van der Waals surface area contributed by atoms with Gasteiger partial charge in [0.05, 0.1) is 0 Å². The number of hydrogen-bond acceptors (Lipinski definition) is 4. The zero-order valence-electron chi connectivity index (χ0n) is 9.69. The highest BCUT2D eigenvalue weighted by Gasteiger charge is 2.35. The third-order valence-electron chi connectivity index (χ3n) is 3.51. The average molecular weight is 266 g/mol. The van der Waals surface area contributed by atoms with Gasteiger partial charge in [0.1, 0.15) is 11.8 Å². The van der Waals surface area contributed by atoms with E-state index in [0.29, 0.717) is 17.9 Å². The number of nitrogens with zero attached hydrogens (tertiary/aromatic N) is 1. The number of halogens is 1. The lowest BCUT2D eigenvalue weighted by Crippen LogP contribution is -2.35. The van der Waals surface area contributed by atoms with Crippen molar-refractivity contribution in [1.82, 2.24) is 4.90 Å². The summed E-state index contributed by atoms with van der Waals surface area (Å²) in [7, 11) is 0. The summed E-state index contributed by atoms with van der Waals surface area (Å²) in [5, 5.41) is -0.494. The van der Waals surface area contributed by atoms with Gasteiger partial charge in [-0.3, -0.25) is 9.69 Å². The molecule has 1 aromatic rings. The van der Waals surface area contributed by atoms with Crippen LogP contribution in [0, 0.1) is 0 Å². The smallest absolute Gasteiger partial charge is 0.328 e. The Balaban J connectivity index is 2.00. The van der Waals surface area contributed by atoms with E-state index < -0.39 is 5.24 Å². The van der Waals surface area contributed by atoms with Gasteiger partial charge in [0, 0.05) is 17.7 Å². The zero-order valence-corrected chi connectivity index (χ0v) is 10.4. The summed E-state index contributed by atoms with van der Waals surface area (Å²) in [6.45, 7) is 1.52. The minimum Gasteiger partial charge on any atom is -0.425 e. The second kappa shape index (κ2) is 4.37. The second-order valence-electron chi connectivity index (χ2n) is 4.65. The largest absolute Gasteiger partial charge is 0.425 e. The van der Waals surface area contributed by atoms with Crippen molar-refractivity contribution in [1.29, 1.82) is 0 Å². The van der Waals surface area contributed by atoms with Crippen LogP contribution in [-0.4, -0.2) is 28.7 Å². The predicted octanol–water partition coefficient (Wildman–Crippen LogP) is 1.95. The highest BCUT2D eigenvalue weighted by molar-refractivity contribution is 6.67. The SMILES string of the molecule is O=C(Cl)c1ccc2c(c1)CN1CCC[C@H]1C(=O)O2. The van der Waals surface area contributed by atoms with Gasteiger partial charge in [0.15, 0.2) is 0 Å². The Labute approximate surface area is 109 Å². The van der Waals surface area contributed by atoms with Crippen molar-refractivity contribution in [3.63, 3.8) is 0 Å². The van der Waals surface area contributed by atoms with Gasteiger partial charge in [0.2, 0.25) is 0 Å². The Morgan fingerprint density at radius 3 is 3.06 bits per heavy atom. The standard InChI is InChI=1S/C13H12ClNO3/c14-12(16)8-3-4-11-9(6-8)7-15-5-1-2-10(15)13(17)18-11/h3-4,6,10H,1-2,5,7H2/t10-/m0/s1. The van der Waals surface area contributed by atoms with Gasteiger partial charge in [-0.15, -0.1) is 0 Å². The van der Waals surface area contributed by atoms with Crippen LogP contribution in [0.2, 0.25) is 0 Å². The summed E-state index contributed by atoms with van der Waals surface area (Å²) >= 11 is 5.47. The molecule has 2 aliphatic rings. The number of esters is 1. The Morgan fingerprint density at radius 2 is 2.28 bits per heavy atom. The van der Waals surface area contributed by atoms with Crippen LogP contribution in [0.5, 0.6) is 5.75 Å². The molecule has 0 unspecified atom stereocenters. The number of benzene rings is 1. The minimum absolute atomic E-state index is 0.146. The van der Waals surface area contributed by atoms with E-state index in [2.05, 4.69) is 4.90 Å². The molecule has 0 saturated carbocycles. The third-order valence-corrected chi connectivity index (χ3v) is 3.73. The quantitative estimate of drug-likeness (QED) is 0.442. The highest BCUT2D eigenvalue weighted by Crippen LogP contribution is 2.31. The summed E-state index contributed by atoms with van der Waals surface area (Å²) < 4.78 is 5.37. The normalized spacial score (nSPS) is 22.9. The van der Waals surface area contributed by atoms with Crippen LogP contribution >= 0.6 is 11.6 Å². The molecule has 5 heteroatoms. The third kappa shape index (κ3) is 1.91. The van der Waals surface area contributed by atoms with Gasteiger partial charge >= 0.3 is 5.97 Å². The van der Waals surface area contributed by atoms with Crippen LogP contribution in [-0.2, 0) is 11.3 Å². The number of ether oxygens (including phenoxy) is 1. The maximum Gasteiger partial charge on any atom is 0.328 e. The molecule has 1 saturated heterocycles. The fourth-order valence-electron chi connectivity index (χ4n) is 2.60. The van der Waals surface area contributed by atoms with Crippen LogP contribution in [0.4, 0.5) is 0 Å². The molecule has 3 rings (SSSR count). The van der Waals surface area contributed by atoms with Crippen molar-refractivity contribution < 1.29 is 14.3 Å². The van der Waals surface area contributed by atoms with Crippen LogP contribution in [0.15, 0.2) is 18.2 Å².